The maximum atomic E-state index is 5.91. The lowest BCUT2D eigenvalue weighted by molar-refractivity contribution is -0.457. The van der Waals surface area contributed by atoms with E-state index in [1.165, 1.54) is 5.56 Å². The Hall–Kier alpha value is -1.22. The molecule has 1 aromatic rings. The van der Waals surface area contributed by atoms with Crippen molar-refractivity contribution in [2.24, 2.45) is 0 Å². The van der Waals surface area contributed by atoms with Gasteiger partial charge in [-0.1, -0.05) is 0 Å². The molecule has 0 unspecified atom stereocenters. The molecule has 1 heterocycles. The summed E-state index contributed by atoms with van der Waals surface area (Å²) in [5, 5.41) is 0. The standard InChI is InChI=1S/C12H14ClNO2/c1-15-11-5-8-3-4-14-10(7-13)9(8)6-12(11)16-2/h5-6H,3-4,7H2,1-2H3/p+1. The number of hydrogen-bond acceptors (Lipinski definition) is 2. The molecule has 3 nitrogen and oxygen atoms in total. The van der Waals surface area contributed by atoms with Crippen molar-refractivity contribution in [3.8, 4) is 11.5 Å². The zero-order chi connectivity index (χ0) is 11.5. The normalized spacial score (nSPS) is 14.1. The first-order valence-corrected chi connectivity index (χ1v) is 5.74. The van der Waals surface area contributed by atoms with Gasteiger partial charge in [-0.15, -0.1) is 11.6 Å². The molecule has 0 fully saturated rings. The highest BCUT2D eigenvalue weighted by Crippen LogP contribution is 2.31. The summed E-state index contributed by atoms with van der Waals surface area (Å²) >= 11 is 5.91. The molecular formula is C12H15ClNO2+. The molecule has 16 heavy (non-hydrogen) atoms. The number of hydrogen-bond donors (Lipinski definition) is 1. The molecule has 1 N–H and O–H groups in total. The summed E-state index contributed by atoms with van der Waals surface area (Å²) < 4.78 is 10.6. The predicted octanol–water partition coefficient (Wildman–Crippen LogP) is 0.368. The number of nitrogens with one attached hydrogen (secondary N) is 1. The number of alkyl halides is 1. The molecule has 0 amide bonds. The topological polar surface area (TPSA) is 32.4 Å². The number of ether oxygens (including phenoxy) is 2. The highest BCUT2D eigenvalue weighted by Gasteiger charge is 2.21. The van der Waals surface area contributed by atoms with Gasteiger partial charge in [0.05, 0.1) is 14.2 Å². The van der Waals surface area contributed by atoms with Crippen LogP contribution in [-0.2, 0) is 6.42 Å². The average molecular weight is 241 g/mol. The molecule has 1 aliphatic heterocycles. The molecular weight excluding hydrogens is 226 g/mol. The van der Waals surface area contributed by atoms with Gasteiger partial charge in [-0.3, -0.25) is 0 Å². The Balaban J connectivity index is 2.52. The molecule has 0 atom stereocenters. The Morgan fingerprint density at radius 1 is 1.25 bits per heavy atom. The van der Waals surface area contributed by atoms with Crippen molar-refractivity contribution in [3.63, 3.8) is 0 Å². The van der Waals surface area contributed by atoms with E-state index in [1.807, 2.05) is 12.1 Å². The van der Waals surface area contributed by atoms with Crippen molar-refractivity contribution in [3.05, 3.63) is 23.3 Å². The second kappa shape index (κ2) is 4.74. The molecule has 2 rings (SSSR count). The molecule has 86 valence electrons. The van der Waals surface area contributed by atoms with Crippen LogP contribution in [0, 0.1) is 0 Å². The summed E-state index contributed by atoms with van der Waals surface area (Å²) in [4.78, 5) is 3.30. The van der Waals surface area contributed by atoms with E-state index in [0.29, 0.717) is 5.88 Å². The second-order valence-electron chi connectivity index (χ2n) is 3.65. The smallest absolute Gasteiger partial charge is 0.197 e. The van der Waals surface area contributed by atoms with Crippen molar-refractivity contribution in [1.82, 2.24) is 0 Å². The fourth-order valence-electron chi connectivity index (χ4n) is 1.97. The first-order valence-electron chi connectivity index (χ1n) is 5.21. The molecule has 0 radical (unpaired) electrons. The summed E-state index contributed by atoms with van der Waals surface area (Å²) in [6.07, 6.45) is 0.982. The molecule has 0 spiro atoms. The van der Waals surface area contributed by atoms with Gasteiger partial charge >= 0.3 is 0 Å². The molecule has 0 saturated heterocycles. The van der Waals surface area contributed by atoms with Gasteiger partial charge in [-0.2, -0.15) is 0 Å². The van der Waals surface area contributed by atoms with Crippen molar-refractivity contribution in [2.75, 3.05) is 26.6 Å². The minimum Gasteiger partial charge on any atom is -0.493 e. The molecule has 0 saturated carbocycles. The van der Waals surface area contributed by atoms with Gasteiger partial charge in [0.2, 0.25) is 0 Å². The number of methoxy groups -OCH3 is 2. The van der Waals surface area contributed by atoms with Crippen LogP contribution in [0.15, 0.2) is 12.1 Å². The molecule has 0 bridgehead atoms. The van der Waals surface area contributed by atoms with Crippen LogP contribution in [0.5, 0.6) is 11.5 Å². The fraction of sp³-hybridized carbons (Fsp3) is 0.417. The maximum Gasteiger partial charge on any atom is 0.197 e. The van der Waals surface area contributed by atoms with Gasteiger partial charge in [0.25, 0.3) is 0 Å². The summed E-state index contributed by atoms with van der Waals surface area (Å²) in [5.41, 5.74) is 3.45. The predicted molar refractivity (Wildman–Crippen MR) is 63.9 cm³/mol. The van der Waals surface area contributed by atoms with E-state index in [2.05, 4.69) is 4.99 Å². The van der Waals surface area contributed by atoms with Gasteiger partial charge in [-0.25, -0.2) is 4.99 Å². The summed E-state index contributed by atoms with van der Waals surface area (Å²) in [7, 11) is 3.29. The van der Waals surface area contributed by atoms with Crippen LogP contribution in [-0.4, -0.2) is 32.4 Å². The zero-order valence-corrected chi connectivity index (χ0v) is 10.2. The largest absolute Gasteiger partial charge is 0.493 e. The summed E-state index contributed by atoms with van der Waals surface area (Å²) in [5.74, 6) is 2.01. The number of rotatable bonds is 3. The third kappa shape index (κ3) is 1.87. The van der Waals surface area contributed by atoms with E-state index in [1.54, 1.807) is 14.2 Å². The molecule has 0 aromatic heterocycles. The third-order valence-electron chi connectivity index (χ3n) is 2.80. The number of halogens is 1. The minimum atomic E-state index is 0.489. The van der Waals surface area contributed by atoms with Gasteiger partial charge < -0.3 is 9.47 Å². The Morgan fingerprint density at radius 3 is 2.56 bits per heavy atom. The monoisotopic (exact) mass is 240 g/mol. The van der Waals surface area contributed by atoms with Crippen molar-refractivity contribution in [1.29, 1.82) is 0 Å². The van der Waals surface area contributed by atoms with Gasteiger partial charge in [0.1, 0.15) is 12.4 Å². The average Bonchev–Trinajstić information content (AvgIpc) is 2.36. The summed E-state index contributed by atoms with van der Waals surface area (Å²) in [6.45, 7) is 0.921. The Labute approximate surface area is 100 Å². The van der Waals surface area contributed by atoms with Crippen LogP contribution in [0.1, 0.15) is 11.1 Å². The highest BCUT2D eigenvalue weighted by atomic mass is 35.5. The maximum absolute atomic E-state index is 5.91. The second-order valence-corrected chi connectivity index (χ2v) is 3.92. The minimum absolute atomic E-state index is 0.489. The Bertz CT molecular complexity index is 429. The molecule has 4 heteroatoms. The van der Waals surface area contributed by atoms with Crippen molar-refractivity contribution in [2.45, 2.75) is 6.42 Å². The van der Waals surface area contributed by atoms with Gasteiger partial charge in [-0.05, 0) is 17.7 Å². The number of fused-ring (bicyclic) bond motifs is 1. The molecule has 1 aliphatic rings. The van der Waals surface area contributed by atoms with Gasteiger partial charge in [0, 0.05) is 12.0 Å². The van der Waals surface area contributed by atoms with Crippen LogP contribution in [0.4, 0.5) is 0 Å². The van der Waals surface area contributed by atoms with Crippen LogP contribution in [0.2, 0.25) is 0 Å². The fourth-order valence-corrected chi connectivity index (χ4v) is 2.21. The van der Waals surface area contributed by atoms with E-state index < -0.39 is 0 Å². The van der Waals surface area contributed by atoms with Crippen LogP contribution >= 0.6 is 11.6 Å². The summed E-state index contributed by atoms with van der Waals surface area (Å²) in [6, 6.07) is 4.01. The third-order valence-corrected chi connectivity index (χ3v) is 3.07. The first-order chi connectivity index (χ1) is 7.80. The van der Waals surface area contributed by atoms with E-state index in [9.17, 15) is 0 Å². The van der Waals surface area contributed by atoms with E-state index in [0.717, 1.165) is 35.7 Å². The lowest BCUT2D eigenvalue weighted by atomic mass is 9.97. The van der Waals surface area contributed by atoms with E-state index in [4.69, 9.17) is 21.1 Å². The van der Waals surface area contributed by atoms with E-state index >= 15 is 0 Å². The molecule has 0 aliphatic carbocycles. The highest BCUT2D eigenvalue weighted by molar-refractivity contribution is 6.30. The van der Waals surface area contributed by atoms with Crippen LogP contribution in [0.3, 0.4) is 0 Å². The van der Waals surface area contributed by atoms with E-state index in [-0.39, 0.29) is 0 Å². The Morgan fingerprint density at radius 2 is 1.94 bits per heavy atom. The lowest BCUT2D eigenvalue weighted by Gasteiger charge is -2.15. The van der Waals surface area contributed by atoms with Crippen molar-refractivity contribution < 1.29 is 14.5 Å². The lowest BCUT2D eigenvalue weighted by Crippen LogP contribution is -2.76. The number of benzene rings is 1. The van der Waals surface area contributed by atoms with Crippen LogP contribution in [0.25, 0.3) is 0 Å². The van der Waals surface area contributed by atoms with Crippen LogP contribution < -0.4 is 14.5 Å². The Kier molecular flexibility index (Phi) is 3.34. The van der Waals surface area contributed by atoms with Crippen molar-refractivity contribution >= 4 is 17.3 Å². The molecule has 1 aromatic carbocycles. The zero-order valence-electron chi connectivity index (χ0n) is 9.47. The van der Waals surface area contributed by atoms with Gasteiger partial charge in [0.15, 0.2) is 17.2 Å². The first kappa shape index (κ1) is 11.3. The quantitative estimate of drug-likeness (QED) is 0.775. The SMILES string of the molecule is COc1cc2c(cc1OC)C(CCl)=[NH+]CC2.